The summed E-state index contributed by atoms with van der Waals surface area (Å²) in [7, 11) is 1.87. The lowest BCUT2D eigenvalue weighted by Gasteiger charge is -2.27. The van der Waals surface area contributed by atoms with Crippen LogP contribution in [0.2, 0.25) is 0 Å². The van der Waals surface area contributed by atoms with Crippen LogP contribution in [0, 0.1) is 5.92 Å². The van der Waals surface area contributed by atoms with Crippen molar-refractivity contribution in [3.63, 3.8) is 0 Å². The minimum Gasteiger partial charge on any atom is -0.346 e. The molecule has 0 bridgehead atoms. The van der Waals surface area contributed by atoms with Gasteiger partial charge < -0.3 is 10.6 Å². The molecule has 0 aliphatic heterocycles. The second-order valence-electron chi connectivity index (χ2n) is 3.94. The molecule has 3 heteroatoms. The van der Waals surface area contributed by atoms with Gasteiger partial charge >= 0.3 is 0 Å². The summed E-state index contributed by atoms with van der Waals surface area (Å²) in [6.07, 6.45) is 5.76. The van der Waals surface area contributed by atoms with Crippen LogP contribution in [0.15, 0.2) is 0 Å². The van der Waals surface area contributed by atoms with E-state index in [0.29, 0.717) is 13.0 Å². The third kappa shape index (κ3) is 3.35. The van der Waals surface area contributed by atoms with Crippen LogP contribution >= 0.6 is 0 Å². The zero-order chi connectivity index (χ0) is 9.68. The molecule has 1 aliphatic rings. The smallest absolute Gasteiger partial charge is 0.223 e. The lowest BCUT2D eigenvalue weighted by Crippen LogP contribution is -2.31. The highest BCUT2D eigenvalue weighted by molar-refractivity contribution is 5.75. The maximum absolute atomic E-state index is 11.3. The largest absolute Gasteiger partial charge is 0.346 e. The zero-order valence-electron chi connectivity index (χ0n) is 8.46. The Hall–Kier alpha value is -0.570. The topological polar surface area (TPSA) is 46.3 Å². The molecule has 1 fully saturated rings. The molecule has 1 aliphatic carbocycles. The van der Waals surface area contributed by atoms with Crippen molar-refractivity contribution in [1.29, 1.82) is 0 Å². The molecular formula is C10H20N2O. The second-order valence-corrected chi connectivity index (χ2v) is 3.94. The number of amides is 1. The molecule has 0 saturated heterocycles. The third-order valence-electron chi connectivity index (χ3n) is 2.88. The first-order valence-corrected chi connectivity index (χ1v) is 5.18. The van der Waals surface area contributed by atoms with Crippen molar-refractivity contribution in [1.82, 2.24) is 4.90 Å². The number of nitrogens with zero attached hydrogens (tertiary/aromatic N) is 1. The fraction of sp³-hybridized carbons (Fsp3) is 0.900. The van der Waals surface area contributed by atoms with E-state index in [0.717, 1.165) is 12.5 Å². The fourth-order valence-electron chi connectivity index (χ4n) is 1.60. The van der Waals surface area contributed by atoms with Crippen LogP contribution in [0.5, 0.6) is 0 Å². The molecule has 1 saturated carbocycles. The Bertz CT molecular complexity index is 166. The summed E-state index contributed by atoms with van der Waals surface area (Å²) in [6.45, 7) is 1.37. The molecule has 0 radical (unpaired) electrons. The summed E-state index contributed by atoms with van der Waals surface area (Å²) >= 11 is 0. The number of nitrogens with two attached hydrogens (primary N) is 1. The van der Waals surface area contributed by atoms with Gasteiger partial charge in [-0.15, -0.1) is 0 Å². The van der Waals surface area contributed by atoms with Crippen LogP contribution in [-0.4, -0.2) is 30.9 Å². The highest BCUT2D eigenvalue weighted by Gasteiger charge is 2.18. The van der Waals surface area contributed by atoms with Gasteiger partial charge in [-0.1, -0.05) is 19.3 Å². The standard InChI is InChI=1S/C10H20N2O/c1-12(10(13)5-7-11)8-6-9-3-2-4-9/h9H,2-8,11H2,1H3. The van der Waals surface area contributed by atoms with Crippen LogP contribution < -0.4 is 5.73 Å². The Morgan fingerprint density at radius 3 is 2.69 bits per heavy atom. The van der Waals surface area contributed by atoms with Gasteiger partial charge in [-0.2, -0.15) is 0 Å². The van der Waals surface area contributed by atoms with Crippen molar-refractivity contribution >= 4 is 5.91 Å². The van der Waals surface area contributed by atoms with E-state index in [1.807, 2.05) is 11.9 Å². The maximum Gasteiger partial charge on any atom is 0.223 e. The number of carbonyl (C=O) groups excluding carboxylic acids is 1. The number of carbonyl (C=O) groups is 1. The van der Waals surface area contributed by atoms with Gasteiger partial charge in [0.25, 0.3) is 0 Å². The van der Waals surface area contributed by atoms with E-state index < -0.39 is 0 Å². The van der Waals surface area contributed by atoms with E-state index in [9.17, 15) is 4.79 Å². The first-order valence-electron chi connectivity index (χ1n) is 5.18. The van der Waals surface area contributed by atoms with Crippen LogP contribution in [0.1, 0.15) is 32.1 Å². The van der Waals surface area contributed by atoms with E-state index in [4.69, 9.17) is 5.73 Å². The molecule has 1 rings (SSSR count). The predicted molar refractivity (Wildman–Crippen MR) is 53.3 cm³/mol. The monoisotopic (exact) mass is 184 g/mol. The summed E-state index contributed by atoms with van der Waals surface area (Å²) in [4.78, 5) is 13.1. The SMILES string of the molecule is CN(CCC1CCC1)C(=O)CCN. The second kappa shape index (κ2) is 5.22. The zero-order valence-corrected chi connectivity index (χ0v) is 8.46. The van der Waals surface area contributed by atoms with Gasteiger partial charge in [-0.3, -0.25) is 4.79 Å². The fourth-order valence-corrected chi connectivity index (χ4v) is 1.60. The van der Waals surface area contributed by atoms with Gasteiger partial charge in [-0.05, 0) is 12.3 Å². The predicted octanol–water partition coefficient (Wildman–Crippen LogP) is 0.984. The van der Waals surface area contributed by atoms with E-state index in [2.05, 4.69) is 0 Å². The van der Waals surface area contributed by atoms with Crippen molar-refractivity contribution in [3.05, 3.63) is 0 Å². The average molecular weight is 184 g/mol. The molecule has 3 nitrogen and oxygen atoms in total. The van der Waals surface area contributed by atoms with Crippen molar-refractivity contribution in [3.8, 4) is 0 Å². The molecule has 0 aromatic heterocycles. The van der Waals surface area contributed by atoms with Crippen LogP contribution in [0.25, 0.3) is 0 Å². The normalized spacial score (nSPS) is 16.8. The Morgan fingerprint density at radius 1 is 1.54 bits per heavy atom. The van der Waals surface area contributed by atoms with Crippen molar-refractivity contribution < 1.29 is 4.79 Å². The third-order valence-corrected chi connectivity index (χ3v) is 2.88. The van der Waals surface area contributed by atoms with Gasteiger partial charge in [0.05, 0.1) is 0 Å². The first kappa shape index (κ1) is 10.5. The molecule has 2 N–H and O–H groups in total. The van der Waals surface area contributed by atoms with E-state index >= 15 is 0 Å². The molecule has 0 aromatic rings. The summed E-state index contributed by atoms with van der Waals surface area (Å²) < 4.78 is 0. The Labute approximate surface area is 80.3 Å². The Balaban J connectivity index is 2.08. The molecule has 0 atom stereocenters. The average Bonchev–Trinajstić information content (AvgIpc) is 2.01. The highest BCUT2D eigenvalue weighted by atomic mass is 16.2. The lowest BCUT2D eigenvalue weighted by molar-refractivity contribution is -0.129. The minimum atomic E-state index is 0.182. The molecule has 13 heavy (non-hydrogen) atoms. The van der Waals surface area contributed by atoms with Gasteiger partial charge in [0.1, 0.15) is 0 Å². The van der Waals surface area contributed by atoms with Gasteiger partial charge in [-0.25, -0.2) is 0 Å². The van der Waals surface area contributed by atoms with Crippen molar-refractivity contribution in [2.24, 2.45) is 11.7 Å². The van der Waals surface area contributed by atoms with Crippen molar-refractivity contribution in [2.45, 2.75) is 32.1 Å². The van der Waals surface area contributed by atoms with Crippen LogP contribution in [0.4, 0.5) is 0 Å². The van der Waals surface area contributed by atoms with Gasteiger partial charge in [0.2, 0.25) is 5.91 Å². The summed E-state index contributed by atoms with van der Waals surface area (Å²) in [6, 6.07) is 0. The lowest BCUT2D eigenvalue weighted by atomic mass is 9.83. The number of hydrogen-bond acceptors (Lipinski definition) is 2. The molecule has 76 valence electrons. The van der Waals surface area contributed by atoms with E-state index in [1.54, 1.807) is 0 Å². The van der Waals surface area contributed by atoms with Gasteiger partial charge in [0.15, 0.2) is 0 Å². The Morgan fingerprint density at radius 2 is 2.23 bits per heavy atom. The number of hydrogen-bond donors (Lipinski definition) is 1. The highest BCUT2D eigenvalue weighted by Crippen LogP contribution is 2.29. The minimum absolute atomic E-state index is 0.182. The van der Waals surface area contributed by atoms with Gasteiger partial charge in [0, 0.05) is 26.6 Å². The summed E-state index contributed by atoms with van der Waals surface area (Å²) in [5.74, 6) is 1.06. The maximum atomic E-state index is 11.3. The molecule has 0 heterocycles. The molecule has 0 aromatic carbocycles. The first-order chi connectivity index (χ1) is 6.24. The summed E-state index contributed by atoms with van der Waals surface area (Å²) in [5.41, 5.74) is 5.31. The number of rotatable bonds is 5. The van der Waals surface area contributed by atoms with Crippen molar-refractivity contribution in [2.75, 3.05) is 20.1 Å². The van der Waals surface area contributed by atoms with E-state index in [1.165, 1.54) is 25.7 Å². The molecule has 1 amide bonds. The van der Waals surface area contributed by atoms with Crippen LogP contribution in [0.3, 0.4) is 0 Å². The molecule has 0 unspecified atom stereocenters. The molecular weight excluding hydrogens is 164 g/mol. The quantitative estimate of drug-likeness (QED) is 0.692. The Kier molecular flexibility index (Phi) is 4.22. The van der Waals surface area contributed by atoms with E-state index in [-0.39, 0.29) is 5.91 Å². The summed E-state index contributed by atoms with van der Waals surface area (Å²) in [5, 5.41) is 0. The van der Waals surface area contributed by atoms with Crippen LogP contribution in [-0.2, 0) is 4.79 Å². The molecule has 0 spiro atoms.